The number of nitrogens with zero attached hydrogens (tertiary/aromatic N) is 3. The van der Waals surface area contributed by atoms with Gasteiger partial charge in [0.05, 0.1) is 18.6 Å². The highest BCUT2D eigenvalue weighted by Gasteiger charge is 2.25. The molecular weight excluding hydrogens is 322 g/mol. The Hall–Kier alpha value is -2.11. The monoisotopic (exact) mass is 335 g/mol. The zero-order valence-electron chi connectivity index (χ0n) is 11.8. The van der Waals surface area contributed by atoms with Gasteiger partial charge in [-0.2, -0.15) is 15.4 Å². The fourth-order valence-electron chi connectivity index (χ4n) is 1.69. The molecule has 1 aliphatic rings. The summed E-state index contributed by atoms with van der Waals surface area (Å²) in [5, 5.41) is 13.9. The number of hydrogen-bond donors (Lipinski definition) is 0. The SMILES string of the molecule is CCOc1cc(/C=N\N2C(=O)CSC2=S)ccc1OCC#N. The highest BCUT2D eigenvalue weighted by Crippen LogP contribution is 2.28. The molecule has 0 atom stereocenters. The molecule has 22 heavy (non-hydrogen) atoms. The van der Waals surface area contributed by atoms with Crippen LogP contribution in [0, 0.1) is 11.3 Å². The summed E-state index contributed by atoms with van der Waals surface area (Å²) in [5.41, 5.74) is 0.736. The zero-order valence-corrected chi connectivity index (χ0v) is 13.4. The quantitative estimate of drug-likeness (QED) is 0.586. The molecule has 2 rings (SSSR count). The van der Waals surface area contributed by atoms with Crippen molar-refractivity contribution in [1.82, 2.24) is 5.01 Å². The van der Waals surface area contributed by atoms with E-state index < -0.39 is 0 Å². The van der Waals surface area contributed by atoms with Crippen molar-refractivity contribution in [1.29, 1.82) is 5.26 Å². The minimum atomic E-state index is -0.134. The molecule has 8 heteroatoms. The maximum atomic E-state index is 11.6. The molecule has 1 aromatic rings. The summed E-state index contributed by atoms with van der Waals surface area (Å²) in [5.74, 6) is 1.20. The van der Waals surface area contributed by atoms with Crippen LogP contribution in [0.3, 0.4) is 0 Å². The maximum Gasteiger partial charge on any atom is 0.259 e. The van der Waals surface area contributed by atoms with E-state index in [9.17, 15) is 4.79 Å². The smallest absolute Gasteiger partial charge is 0.259 e. The van der Waals surface area contributed by atoms with E-state index >= 15 is 0 Å². The Bertz CT molecular complexity index is 639. The number of nitriles is 1. The van der Waals surface area contributed by atoms with Crippen molar-refractivity contribution in [2.24, 2.45) is 5.10 Å². The molecule has 1 aliphatic heterocycles. The predicted octanol–water partition coefficient (Wildman–Crippen LogP) is 2.18. The standard InChI is InChI=1S/C14H13N3O3S2/c1-2-19-12-7-10(3-4-11(12)20-6-5-15)8-16-17-13(18)9-22-14(17)21/h3-4,7-8H,2,6,9H2,1H3/b16-8-. The number of hydrazone groups is 1. The highest BCUT2D eigenvalue weighted by atomic mass is 32.2. The average molecular weight is 335 g/mol. The van der Waals surface area contributed by atoms with E-state index in [1.807, 2.05) is 13.0 Å². The summed E-state index contributed by atoms with van der Waals surface area (Å²) in [6.45, 7) is 2.27. The van der Waals surface area contributed by atoms with E-state index in [4.69, 9.17) is 27.0 Å². The minimum Gasteiger partial charge on any atom is -0.490 e. The molecule has 1 heterocycles. The molecule has 0 spiro atoms. The van der Waals surface area contributed by atoms with Crippen LogP contribution in [0.2, 0.25) is 0 Å². The number of rotatable bonds is 6. The van der Waals surface area contributed by atoms with Crippen LogP contribution >= 0.6 is 24.0 Å². The van der Waals surface area contributed by atoms with Crippen LogP contribution in [0.25, 0.3) is 0 Å². The first-order chi connectivity index (χ1) is 10.7. The molecular formula is C14H13N3O3S2. The number of amides is 1. The lowest BCUT2D eigenvalue weighted by molar-refractivity contribution is -0.123. The summed E-state index contributed by atoms with van der Waals surface area (Å²) in [6.07, 6.45) is 1.53. The Morgan fingerprint density at radius 1 is 1.50 bits per heavy atom. The molecule has 1 saturated heterocycles. The van der Waals surface area contributed by atoms with Crippen LogP contribution in [0.5, 0.6) is 11.5 Å². The Morgan fingerprint density at radius 3 is 2.95 bits per heavy atom. The van der Waals surface area contributed by atoms with Gasteiger partial charge in [0.1, 0.15) is 6.07 Å². The second kappa shape index (κ2) is 7.77. The van der Waals surface area contributed by atoms with Crippen LogP contribution in [0.15, 0.2) is 23.3 Å². The predicted molar refractivity (Wildman–Crippen MR) is 88.2 cm³/mol. The molecule has 0 unspecified atom stereocenters. The van der Waals surface area contributed by atoms with Gasteiger partial charge in [0, 0.05) is 0 Å². The molecule has 0 radical (unpaired) electrons. The Labute approximate surface area is 137 Å². The lowest BCUT2D eigenvalue weighted by atomic mass is 10.2. The van der Waals surface area contributed by atoms with E-state index in [1.165, 1.54) is 23.0 Å². The number of hydrogen-bond acceptors (Lipinski definition) is 7. The van der Waals surface area contributed by atoms with Crippen LogP contribution in [-0.4, -0.2) is 40.4 Å². The van der Waals surface area contributed by atoms with Gasteiger partial charge < -0.3 is 9.47 Å². The summed E-state index contributed by atoms with van der Waals surface area (Å²) in [7, 11) is 0. The number of carbonyl (C=O) groups excluding carboxylic acids is 1. The van der Waals surface area contributed by atoms with Crippen molar-refractivity contribution in [2.45, 2.75) is 6.92 Å². The zero-order chi connectivity index (χ0) is 15.9. The third kappa shape index (κ3) is 3.96. The van der Waals surface area contributed by atoms with Gasteiger partial charge in [0.15, 0.2) is 22.4 Å². The van der Waals surface area contributed by atoms with Crippen molar-refractivity contribution < 1.29 is 14.3 Å². The van der Waals surface area contributed by atoms with Gasteiger partial charge in [0.25, 0.3) is 5.91 Å². The Kier molecular flexibility index (Phi) is 5.75. The third-order valence-corrected chi connectivity index (χ3v) is 3.95. The molecule has 0 bridgehead atoms. The van der Waals surface area contributed by atoms with E-state index in [-0.39, 0.29) is 12.5 Å². The summed E-state index contributed by atoms with van der Waals surface area (Å²) >= 11 is 6.34. The topological polar surface area (TPSA) is 74.9 Å². The first kappa shape index (κ1) is 16.3. The lowest BCUT2D eigenvalue weighted by Crippen LogP contribution is -2.22. The van der Waals surface area contributed by atoms with Gasteiger partial charge in [-0.3, -0.25) is 4.79 Å². The maximum absolute atomic E-state index is 11.6. The van der Waals surface area contributed by atoms with Crippen molar-refractivity contribution >= 4 is 40.4 Å². The number of ether oxygens (including phenoxy) is 2. The molecule has 0 saturated carbocycles. The van der Waals surface area contributed by atoms with E-state index in [0.29, 0.717) is 28.2 Å². The highest BCUT2D eigenvalue weighted by molar-refractivity contribution is 8.23. The van der Waals surface area contributed by atoms with E-state index in [1.54, 1.807) is 18.2 Å². The largest absolute Gasteiger partial charge is 0.490 e. The lowest BCUT2D eigenvalue weighted by Gasteiger charge is -2.11. The summed E-state index contributed by atoms with van der Waals surface area (Å²) in [4.78, 5) is 11.6. The fourth-order valence-corrected chi connectivity index (χ4v) is 2.65. The van der Waals surface area contributed by atoms with E-state index in [2.05, 4.69) is 5.10 Å². The number of thioether (sulfide) groups is 1. The first-order valence-electron chi connectivity index (χ1n) is 6.46. The second-order valence-electron chi connectivity index (χ2n) is 4.09. The molecule has 0 N–H and O–H groups in total. The van der Waals surface area contributed by atoms with Gasteiger partial charge in [0.2, 0.25) is 0 Å². The van der Waals surface area contributed by atoms with Crippen LogP contribution < -0.4 is 9.47 Å². The van der Waals surface area contributed by atoms with Crippen LogP contribution in [0.4, 0.5) is 0 Å². The molecule has 0 aliphatic carbocycles. The van der Waals surface area contributed by atoms with Crippen LogP contribution in [0.1, 0.15) is 12.5 Å². The van der Waals surface area contributed by atoms with Gasteiger partial charge in [-0.05, 0) is 30.7 Å². The molecule has 114 valence electrons. The van der Waals surface area contributed by atoms with Crippen molar-refractivity contribution in [3.63, 3.8) is 0 Å². The molecule has 1 amide bonds. The van der Waals surface area contributed by atoms with Gasteiger partial charge in [-0.1, -0.05) is 24.0 Å². The summed E-state index contributed by atoms with van der Waals surface area (Å²) < 4.78 is 11.2. The number of thiocarbonyl (C=S) groups is 1. The molecule has 1 fully saturated rings. The third-order valence-electron chi connectivity index (χ3n) is 2.61. The van der Waals surface area contributed by atoms with Gasteiger partial charge in [-0.25, -0.2) is 0 Å². The van der Waals surface area contributed by atoms with Crippen molar-refractivity contribution in [3.05, 3.63) is 23.8 Å². The second-order valence-corrected chi connectivity index (χ2v) is 5.70. The Morgan fingerprint density at radius 2 is 2.32 bits per heavy atom. The van der Waals surface area contributed by atoms with Crippen molar-refractivity contribution in [2.75, 3.05) is 19.0 Å². The van der Waals surface area contributed by atoms with Gasteiger partial charge in [-0.15, -0.1) is 0 Å². The van der Waals surface area contributed by atoms with Gasteiger partial charge >= 0.3 is 0 Å². The minimum absolute atomic E-state index is 0.0543. The molecule has 1 aromatic carbocycles. The Balaban J connectivity index is 2.17. The fraction of sp³-hybridized carbons (Fsp3) is 0.286. The summed E-state index contributed by atoms with van der Waals surface area (Å²) in [6, 6.07) is 7.10. The normalized spacial score (nSPS) is 14.5. The van der Waals surface area contributed by atoms with Crippen molar-refractivity contribution in [3.8, 4) is 17.6 Å². The number of carbonyl (C=O) groups is 1. The first-order valence-corrected chi connectivity index (χ1v) is 7.85. The molecule has 0 aromatic heterocycles. The number of benzene rings is 1. The average Bonchev–Trinajstić information content (AvgIpc) is 2.83. The molecule has 6 nitrogen and oxygen atoms in total. The van der Waals surface area contributed by atoms with E-state index in [0.717, 1.165) is 5.56 Å². The van der Waals surface area contributed by atoms with Crippen LogP contribution in [-0.2, 0) is 4.79 Å².